The van der Waals surface area contributed by atoms with Crippen LogP contribution >= 0.6 is 11.3 Å². The van der Waals surface area contributed by atoms with Crippen LogP contribution in [0.2, 0.25) is 0 Å². The quantitative estimate of drug-likeness (QED) is 0.909. The largest absolute Gasteiger partial charge is 0.360 e. The van der Waals surface area contributed by atoms with Crippen LogP contribution in [0.1, 0.15) is 32.1 Å². The first-order valence-corrected chi connectivity index (χ1v) is 9.52. The molecule has 3 unspecified atom stereocenters. The molecule has 0 aromatic carbocycles. The SMILES string of the molecule is O=C(C1CC2CCCCC2N1)N1CCN(c2cccs2)CC1. The third-order valence-electron chi connectivity index (χ3n) is 5.57. The topological polar surface area (TPSA) is 35.6 Å². The molecule has 0 spiro atoms. The average molecular weight is 319 g/mol. The summed E-state index contributed by atoms with van der Waals surface area (Å²) >= 11 is 1.79. The summed E-state index contributed by atoms with van der Waals surface area (Å²) in [7, 11) is 0. The summed E-state index contributed by atoms with van der Waals surface area (Å²) in [5.41, 5.74) is 0. The molecule has 3 heterocycles. The Morgan fingerprint density at radius 2 is 2.00 bits per heavy atom. The second kappa shape index (κ2) is 6.20. The molecule has 1 amide bonds. The van der Waals surface area contributed by atoms with Crippen LogP contribution in [0, 0.1) is 5.92 Å². The number of fused-ring (bicyclic) bond motifs is 1. The van der Waals surface area contributed by atoms with E-state index in [-0.39, 0.29) is 6.04 Å². The fourth-order valence-electron chi connectivity index (χ4n) is 4.33. The molecule has 1 aromatic rings. The highest BCUT2D eigenvalue weighted by molar-refractivity contribution is 7.14. The fourth-order valence-corrected chi connectivity index (χ4v) is 5.11. The van der Waals surface area contributed by atoms with Gasteiger partial charge >= 0.3 is 0 Å². The zero-order valence-electron chi connectivity index (χ0n) is 13.0. The molecule has 1 N–H and O–H groups in total. The van der Waals surface area contributed by atoms with Crippen LogP contribution in [0.15, 0.2) is 17.5 Å². The van der Waals surface area contributed by atoms with Gasteiger partial charge in [-0.05, 0) is 42.7 Å². The van der Waals surface area contributed by atoms with Gasteiger partial charge in [0.25, 0.3) is 0 Å². The van der Waals surface area contributed by atoms with Gasteiger partial charge in [0.05, 0.1) is 11.0 Å². The highest BCUT2D eigenvalue weighted by atomic mass is 32.1. The number of nitrogens with one attached hydrogen (secondary N) is 1. The summed E-state index contributed by atoms with van der Waals surface area (Å²) in [5, 5.41) is 7.08. The van der Waals surface area contributed by atoms with E-state index in [1.165, 1.54) is 30.7 Å². The highest BCUT2D eigenvalue weighted by Gasteiger charge is 2.40. The maximum absolute atomic E-state index is 12.8. The van der Waals surface area contributed by atoms with E-state index in [1.54, 1.807) is 11.3 Å². The molecule has 4 nitrogen and oxygen atoms in total. The summed E-state index contributed by atoms with van der Waals surface area (Å²) in [6, 6.07) is 4.96. The molecule has 22 heavy (non-hydrogen) atoms. The van der Waals surface area contributed by atoms with Crippen LogP contribution < -0.4 is 10.2 Å². The minimum Gasteiger partial charge on any atom is -0.360 e. The molecule has 3 fully saturated rings. The molecule has 2 saturated heterocycles. The summed E-state index contributed by atoms with van der Waals surface area (Å²) in [5.74, 6) is 1.09. The van der Waals surface area contributed by atoms with Crippen LogP contribution in [-0.4, -0.2) is 49.1 Å². The van der Waals surface area contributed by atoms with Crippen molar-refractivity contribution in [2.45, 2.75) is 44.2 Å². The number of nitrogens with zero attached hydrogens (tertiary/aromatic N) is 2. The molecular weight excluding hydrogens is 294 g/mol. The molecule has 120 valence electrons. The number of hydrogen-bond donors (Lipinski definition) is 1. The lowest BCUT2D eigenvalue weighted by molar-refractivity contribution is -0.133. The first-order chi connectivity index (χ1) is 10.8. The number of piperazine rings is 1. The number of amides is 1. The number of thiophene rings is 1. The second-order valence-corrected chi connectivity index (χ2v) is 7.80. The Morgan fingerprint density at radius 3 is 2.73 bits per heavy atom. The van der Waals surface area contributed by atoms with E-state index < -0.39 is 0 Å². The van der Waals surface area contributed by atoms with Crippen LogP contribution in [0.25, 0.3) is 0 Å². The van der Waals surface area contributed by atoms with Gasteiger partial charge in [0, 0.05) is 32.2 Å². The zero-order valence-corrected chi connectivity index (χ0v) is 13.9. The van der Waals surface area contributed by atoms with Crippen molar-refractivity contribution < 1.29 is 4.79 Å². The molecule has 0 bridgehead atoms. The Morgan fingerprint density at radius 1 is 1.18 bits per heavy atom. The van der Waals surface area contributed by atoms with E-state index in [0.29, 0.717) is 11.9 Å². The van der Waals surface area contributed by atoms with Gasteiger partial charge in [0.2, 0.25) is 5.91 Å². The standard InChI is InChI=1S/C17H25N3OS/c21-17(15-12-13-4-1-2-5-14(13)18-15)20-9-7-19(8-10-20)16-6-3-11-22-16/h3,6,11,13-15,18H,1-2,4-5,7-10,12H2. The van der Waals surface area contributed by atoms with Crippen molar-refractivity contribution in [1.29, 1.82) is 0 Å². The summed E-state index contributed by atoms with van der Waals surface area (Å²) in [4.78, 5) is 17.3. The van der Waals surface area contributed by atoms with Gasteiger partial charge in [0.1, 0.15) is 0 Å². The van der Waals surface area contributed by atoms with Crippen LogP contribution in [0.3, 0.4) is 0 Å². The minimum absolute atomic E-state index is 0.0846. The molecule has 4 rings (SSSR count). The van der Waals surface area contributed by atoms with E-state index in [1.807, 2.05) is 0 Å². The Balaban J connectivity index is 1.32. The average Bonchev–Trinajstić information content (AvgIpc) is 3.23. The lowest BCUT2D eigenvalue weighted by Crippen LogP contribution is -2.53. The van der Waals surface area contributed by atoms with Crippen LogP contribution in [0.5, 0.6) is 0 Å². The monoisotopic (exact) mass is 319 g/mol. The Labute approximate surface area is 136 Å². The molecule has 0 radical (unpaired) electrons. The summed E-state index contributed by atoms with van der Waals surface area (Å²) < 4.78 is 0. The molecule has 1 aliphatic carbocycles. The van der Waals surface area contributed by atoms with Gasteiger partial charge in [0.15, 0.2) is 0 Å². The van der Waals surface area contributed by atoms with Crippen molar-refractivity contribution >= 4 is 22.2 Å². The maximum atomic E-state index is 12.8. The van der Waals surface area contributed by atoms with Crippen molar-refractivity contribution in [3.05, 3.63) is 17.5 Å². The third-order valence-corrected chi connectivity index (χ3v) is 6.50. The molecule has 3 atom stereocenters. The Hall–Kier alpha value is -1.07. The number of hydrogen-bond acceptors (Lipinski definition) is 4. The van der Waals surface area contributed by atoms with E-state index in [2.05, 4.69) is 32.6 Å². The number of carbonyl (C=O) groups excluding carboxylic acids is 1. The predicted octanol–water partition coefficient (Wildman–Crippen LogP) is 2.32. The van der Waals surface area contributed by atoms with Gasteiger partial charge in [-0.2, -0.15) is 0 Å². The number of anilines is 1. The van der Waals surface area contributed by atoms with E-state index in [0.717, 1.165) is 38.5 Å². The summed E-state index contributed by atoms with van der Waals surface area (Å²) in [6.45, 7) is 3.66. The van der Waals surface area contributed by atoms with Crippen molar-refractivity contribution in [2.75, 3.05) is 31.1 Å². The van der Waals surface area contributed by atoms with Gasteiger partial charge in [-0.3, -0.25) is 4.79 Å². The fraction of sp³-hybridized carbons (Fsp3) is 0.706. The Kier molecular flexibility index (Phi) is 4.09. The first kappa shape index (κ1) is 14.5. The number of rotatable bonds is 2. The van der Waals surface area contributed by atoms with Crippen molar-refractivity contribution in [3.8, 4) is 0 Å². The number of carbonyl (C=O) groups is 1. The predicted molar refractivity (Wildman–Crippen MR) is 90.4 cm³/mol. The minimum atomic E-state index is 0.0846. The third kappa shape index (κ3) is 2.76. The van der Waals surface area contributed by atoms with Gasteiger partial charge in [-0.15, -0.1) is 11.3 Å². The molecule has 1 aromatic heterocycles. The molecule has 1 saturated carbocycles. The summed E-state index contributed by atoms with van der Waals surface area (Å²) in [6.07, 6.45) is 6.32. The van der Waals surface area contributed by atoms with E-state index >= 15 is 0 Å². The van der Waals surface area contributed by atoms with Gasteiger partial charge < -0.3 is 15.1 Å². The zero-order chi connectivity index (χ0) is 14.9. The lowest BCUT2D eigenvalue weighted by Gasteiger charge is -2.36. The normalized spacial score (nSPS) is 32.1. The first-order valence-electron chi connectivity index (χ1n) is 8.64. The highest BCUT2D eigenvalue weighted by Crippen LogP contribution is 2.34. The Bertz CT molecular complexity index is 496. The van der Waals surface area contributed by atoms with Gasteiger partial charge in [-0.1, -0.05) is 12.8 Å². The van der Waals surface area contributed by atoms with Crippen LogP contribution in [0.4, 0.5) is 5.00 Å². The van der Waals surface area contributed by atoms with E-state index in [9.17, 15) is 4.79 Å². The van der Waals surface area contributed by atoms with E-state index in [4.69, 9.17) is 0 Å². The van der Waals surface area contributed by atoms with Crippen LogP contribution in [-0.2, 0) is 4.79 Å². The smallest absolute Gasteiger partial charge is 0.239 e. The lowest BCUT2D eigenvalue weighted by atomic mass is 9.85. The molecule has 3 aliphatic rings. The van der Waals surface area contributed by atoms with Crippen molar-refractivity contribution in [1.82, 2.24) is 10.2 Å². The maximum Gasteiger partial charge on any atom is 0.239 e. The molecular formula is C17H25N3OS. The van der Waals surface area contributed by atoms with Crippen molar-refractivity contribution in [2.24, 2.45) is 5.92 Å². The second-order valence-electron chi connectivity index (χ2n) is 6.87. The molecule has 2 aliphatic heterocycles. The molecule has 5 heteroatoms. The van der Waals surface area contributed by atoms with Gasteiger partial charge in [-0.25, -0.2) is 0 Å². The van der Waals surface area contributed by atoms with Crippen molar-refractivity contribution in [3.63, 3.8) is 0 Å².